The molecule has 7 nitrogen and oxygen atoms in total. The summed E-state index contributed by atoms with van der Waals surface area (Å²) >= 11 is 0. The van der Waals surface area contributed by atoms with Gasteiger partial charge >= 0.3 is 64.7 Å². The predicted molar refractivity (Wildman–Crippen MR) is 69.0 cm³/mol. The van der Waals surface area contributed by atoms with Crippen LogP contribution in [0.4, 0.5) is 0 Å². The number of aryl methyl sites for hydroxylation is 1. The Morgan fingerprint density at radius 3 is 2.35 bits per heavy atom. The Morgan fingerprint density at radius 2 is 1.74 bits per heavy atom. The smallest absolute Gasteiger partial charge is 0.780 e. The van der Waals surface area contributed by atoms with E-state index in [2.05, 4.69) is 4.52 Å². The van der Waals surface area contributed by atoms with E-state index in [1.807, 2.05) is 0 Å². The molecule has 23 heavy (non-hydrogen) atoms. The summed E-state index contributed by atoms with van der Waals surface area (Å²) in [6.07, 6.45) is 3.01. The molecule has 1 N–H and O–H groups in total. The summed E-state index contributed by atoms with van der Waals surface area (Å²) in [5, 5.41) is 10.2. The second-order valence-electron chi connectivity index (χ2n) is 4.91. The van der Waals surface area contributed by atoms with Gasteiger partial charge < -0.3 is 28.4 Å². The van der Waals surface area contributed by atoms with Crippen molar-refractivity contribution >= 4 is 18.8 Å². The number of phenols is 1. The third kappa shape index (κ3) is 4.63. The SMILES string of the molecule is O=c1oc2cc(O)c(OP(=O)([O-])[O-])cc2c2c1CCCC2.[Na+].[Na+]. The molecule has 1 aromatic heterocycles. The maximum Gasteiger partial charge on any atom is 1.00 e. The first-order valence-electron chi connectivity index (χ1n) is 6.38. The van der Waals surface area contributed by atoms with Gasteiger partial charge in [0, 0.05) is 17.0 Å². The molecule has 10 heteroatoms. The van der Waals surface area contributed by atoms with E-state index in [0.29, 0.717) is 23.8 Å². The zero-order chi connectivity index (χ0) is 15.2. The summed E-state index contributed by atoms with van der Waals surface area (Å²) in [7, 11) is -5.28. The van der Waals surface area contributed by atoms with Crippen LogP contribution in [0.2, 0.25) is 0 Å². The fourth-order valence-corrected chi connectivity index (χ4v) is 3.04. The van der Waals surface area contributed by atoms with E-state index in [0.717, 1.165) is 24.5 Å². The molecule has 3 rings (SSSR count). The van der Waals surface area contributed by atoms with Crippen LogP contribution in [-0.4, -0.2) is 5.11 Å². The Balaban J connectivity index is 0.00000132. The maximum absolute atomic E-state index is 11.9. The number of rotatable bonds is 2. The zero-order valence-electron chi connectivity index (χ0n) is 12.8. The topological polar surface area (TPSA) is 123 Å². The van der Waals surface area contributed by atoms with Gasteiger partial charge in [0.25, 0.3) is 0 Å². The third-order valence-corrected chi connectivity index (χ3v) is 3.93. The second-order valence-corrected chi connectivity index (χ2v) is 5.99. The van der Waals surface area contributed by atoms with Crippen LogP contribution in [-0.2, 0) is 17.4 Å². The molecule has 1 aliphatic rings. The fourth-order valence-electron chi connectivity index (χ4n) is 2.65. The Hall–Kier alpha value is 0.180. The molecule has 0 radical (unpaired) electrons. The monoisotopic (exact) mass is 356 g/mol. The van der Waals surface area contributed by atoms with E-state index in [1.54, 1.807) is 0 Å². The van der Waals surface area contributed by atoms with E-state index in [1.165, 1.54) is 6.07 Å². The molecule has 0 saturated heterocycles. The quantitative estimate of drug-likeness (QED) is 0.324. The fraction of sp³-hybridized carbons (Fsp3) is 0.308. The standard InChI is InChI=1S/C13H13O7P.2Na/c14-10-6-11-9(5-12(10)20-21(16,17)18)7-3-1-2-4-8(7)13(15)19-11;;/h5-6,14H,1-4H2,(H2,16,17,18);;/q;2*+1/p-2. The number of phosphoric acid groups is 1. The third-order valence-electron chi connectivity index (χ3n) is 3.51. The van der Waals surface area contributed by atoms with Crippen molar-refractivity contribution in [3.05, 3.63) is 33.7 Å². The van der Waals surface area contributed by atoms with Crippen LogP contribution < -0.4 is 79.1 Å². The van der Waals surface area contributed by atoms with Crippen LogP contribution in [0.15, 0.2) is 21.3 Å². The molecule has 2 aromatic rings. The van der Waals surface area contributed by atoms with Gasteiger partial charge in [-0.15, -0.1) is 0 Å². The first kappa shape index (κ1) is 21.2. The van der Waals surface area contributed by atoms with Crippen molar-refractivity contribution in [3.63, 3.8) is 0 Å². The molecule has 0 bridgehead atoms. The first-order chi connectivity index (χ1) is 9.85. The molecular weight excluding hydrogens is 345 g/mol. The van der Waals surface area contributed by atoms with Crippen LogP contribution in [0.1, 0.15) is 24.0 Å². The molecule has 1 heterocycles. The maximum atomic E-state index is 11.9. The largest absolute Gasteiger partial charge is 1.00 e. The number of phosphoric ester groups is 1. The molecule has 112 valence electrons. The Kier molecular flexibility index (Phi) is 7.42. The van der Waals surface area contributed by atoms with Gasteiger partial charge in [-0.3, -0.25) is 0 Å². The van der Waals surface area contributed by atoms with Crippen molar-refractivity contribution in [3.8, 4) is 11.5 Å². The molecule has 1 aliphatic carbocycles. The van der Waals surface area contributed by atoms with Gasteiger partial charge in [-0.2, -0.15) is 0 Å². The summed E-state index contributed by atoms with van der Waals surface area (Å²) < 4.78 is 20.1. The normalized spacial score (nSPS) is 13.7. The average molecular weight is 356 g/mol. The van der Waals surface area contributed by atoms with Crippen molar-refractivity contribution in [1.29, 1.82) is 0 Å². The van der Waals surface area contributed by atoms with E-state index >= 15 is 0 Å². The minimum atomic E-state index is -5.28. The van der Waals surface area contributed by atoms with Crippen LogP contribution >= 0.6 is 7.82 Å². The van der Waals surface area contributed by atoms with Crippen LogP contribution in [0.25, 0.3) is 11.0 Å². The van der Waals surface area contributed by atoms with Crippen molar-refractivity contribution < 1.29 is 87.5 Å². The van der Waals surface area contributed by atoms with Gasteiger partial charge in [0.05, 0.1) is 0 Å². The predicted octanol–water partition coefficient (Wildman–Crippen LogP) is -5.41. The van der Waals surface area contributed by atoms with Gasteiger partial charge in [0.2, 0.25) is 0 Å². The molecule has 0 atom stereocenters. The van der Waals surface area contributed by atoms with Crippen molar-refractivity contribution in [2.45, 2.75) is 25.7 Å². The Morgan fingerprint density at radius 1 is 1.13 bits per heavy atom. The molecular formula is C13H11Na2O7P. The molecule has 1 aromatic carbocycles. The van der Waals surface area contributed by atoms with Crippen LogP contribution in [0, 0.1) is 0 Å². The van der Waals surface area contributed by atoms with Gasteiger partial charge in [-0.1, -0.05) is 0 Å². The summed E-state index contributed by atoms with van der Waals surface area (Å²) in [5.74, 6) is -1.04. The van der Waals surface area contributed by atoms with Gasteiger partial charge in [-0.25, -0.2) is 4.79 Å². The van der Waals surface area contributed by atoms with E-state index in [9.17, 15) is 24.3 Å². The summed E-state index contributed by atoms with van der Waals surface area (Å²) in [4.78, 5) is 33.3. The minimum Gasteiger partial charge on any atom is -0.780 e. The van der Waals surface area contributed by atoms with Crippen LogP contribution in [0.3, 0.4) is 0 Å². The number of phenolic OH excluding ortho intramolecular Hbond substituents is 1. The molecule has 0 saturated carbocycles. The van der Waals surface area contributed by atoms with Gasteiger partial charge in [0.1, 0.15) is 13.4 Å². The first-order valence-corrected chi connectivity index (χ1v) is 7.84. The van der Waals surface area contributed by atoms with Crippen molar-refractivity contribution in [1.82, 2.24) is 0 Å². The average Bonchev–Trinajstić information content (AvgIpc) is 2.39. The summed E-state index contributed by atoms with van der Waals surface area (Å²) in [6, 6.07) is 2.30. The van der Waals surface area contributed by atoms with Gasteiger partial charge in [0.15, 0.2) is 11.5 Å². The van der Waals surface area contributed by atoms with E-state index in [4.69, 9.17) is 4.42 Å². The number of hydrogen-bond acceptors (Lipinski definition) is 7. The second kappa shape index (κ2) is 8.04. The number of aromatic hydroxyl groups is 1. The summed E-state index contributed by atoms with van der Waals surface area (Å²) in [6.45, 7) is 0. The van der Waals surface area contributed by atoms with Crippen molar-refractivity contribution in [2.24, 2.45) is 0 Å². The number of fused-ring (bicyclic) bond motifs is 3. The van der Waals surface area contributed by atoms with Crippen LogP contribution in [0.5, 0.6) is 11.5 Å². The van der Waals surface area contributed by atoms with Crippen molar-refractivity contribution in [2.75, 3.05) is 0 Å². The molecule has 0 fully saturated rings. The molecule has 0 aliphatic heterocycles. The number of benzene rings is 1. The number of hydrogen-bond donors (Lipinski definition) is 1. The Labute approximate surface area is 175 Å². The minimum absolute atomic E-state index is 0. The molecule has 0 amide bonds. The van der Waals surface area contributed by atoms with E-state index in [-0.39, 0.29) is 64.7 Å². The zero-order valence-corrected chi connectivity index (χ0v) is 17.7. The van der Waals surface area contributed by atoms with Gasteiger partial charge in [-0.05, 0) is 37.3 Å². The van der Waals surface area contributed by atoms with E-state index < -0.39 is 24.9 Å². The molecule has 0 unspecified atom stereocenters. The Bertz CT molecular complexity index is 827. The molecule has 0 spiro atoms. The summed E-state index contributed by atoms with van der Waals surface area (Å²) in [5.41, 5.74) is 0.988.